The van der Waals surface area contributed by atoms with Crippen LogP contribution in [0.5, 0.6) is 0 Å². The standard InChI is InChI=1S/C11H9NO4/c1-6-3-4-9-8(5-6)7(2)10(12(14)15)11(13)16-9/h3-5H,1-2H3. The van der Waals surface area contributed by atoms with Crippen molar-refractivity contribution in [2.24, 2.45) is 0 Å². The average Bonchev–Trinajstić information content (AvgIpc) is 2.19. The molecule has 0 fully saturated rings. The molecule has 0 saturated carbocycles. The molecule has 5 heteroatoms. The molecule has 16 heavy (non-hydrogen) atoms. The molecule has 0 bridgehead atoms. The van der Waals surface area contributed by atoms with Gasteiger partial charge in [0.15, 0.2) is 0 Å². The van der Waals surface area contributed by atoms with Gasteiger partial charge in [-0.05, 0) is 26.0 Å². The summed E-state index contributed by atoms with van der Waals surface area (Å²) in [5.41, 5.74) is 0.286. The van der Waals surface area contributed by atoms with E-state index in [1.54, 1.807) is 25.1 Å². The number of nitro groups is 1. The topological polar surface area (TPSA) is 73.3 Å². The largest absolute Gasteiger partial charge is 0.418 e. The SMILES string of the molecule is Cc1ccc2oc(=O)c([N+](=O)[O-])c(C)c2c1. The first-order valence-electron chi connectivity index (χ1n) is 4.69. The number of rotatable bonds is 1. The van der Waals surface area contributed by atoms with Crippen molar-refractivity contribution in [2.75, 3.05) is 0 Å². The minimum atomic E-state index is -0.904. The molecule has 0 saturated heterocycles. The van der Waals surface area contributed by atoms with Crippen LogP contribution in [0.4, 0.5) is 5.69 Å². The van der Waals surface area contributed by atoms with E-state index in [1.165, 1.54) is 0 Å². The van der Waals surface area contributed by atoms with Crippen LogP contribution in [0.15, 0.2) is 27.4 Å². The van der Waals surface area contributed by atoms with E-state index in [2.05, 4.69) is 0 Å². The van der Waals surface area contributed by atoms with Gasteiger partial charge in [-0.15, -0.1) is 0 Å². The van der Waals surface area contributed by atoms with Crippen molar-refractivity contribution >= 4 is 16.7 Å². The Hall–Kier alpha value is -2.17. The van der Waals surface area contributed by atoms with Crippen LogP contribution in [-0.4, -0.2) is 4.92 Å². The van der Waals surface area contributed by atoms with E-state index in [4.69, 9.17) is 4.42 Å². The van der Waals surface area contributed by atoms with Crippen molar-refractivity contribution in [1.82, 2.24) is 0 Å². The lowest BCUT2D eigenvalue weighted by atomic mass is 10.1. The molecule has 82 valence electrons. The normalized spacial score (nSPS) is 10.6. The van der Waals surface area contributed by atoms with E-state index < -0.39 is 16.2 Å². The van der Waals surface area contributed by atoms with Gasteiger partial charge in [-0.3, -0.25) is 10.1 Å². The Bertz CT molecular complexity index is 642. The highest BCUT2D eigenvalue weighted by Gasteiger charge is 2.21. The van der Waals surface area contributed by atoms with Gasteiger partial charge in [0.2, 0.25) is 0 Å². The number of hydrogen-bond acceptors (Lipinski definition) is 4. The number of nitrogens with zero attached hydrogens (tertiary/aromatic N) is 1. The smallest absolute Gasteiger partial charge is 0.415 e. The third kappa shape index (κ3) is 1.46. The summed E-state index contributed by atoms with van der Waals surface area (Å²) in [4.78, 5) is 21.4. The number of hydrogen-bond donors (Lipinski definition) is 0. The fourth-order valence-corrected chi connectivity index (χ4v) is 1.67. The molecular weight excluding hydrogens is 210 g/mol. The Balaban J connectivity index is 2.96. The van der Waals surface area contributed by atoms with Crippen LogP contribution in [0, 0.1) is 24.0 Å². The van der Waals surface area contributed by atoms with Crippen LogP contribution >= 0.6 is 0 Å². The van der Waals surface area contributed by atoms with Crippen molar-refractivity contribution in [3.63, 3.8) is 0 Å². The highest BCUT2D eigenvalue weighted by Crippen LogP contribution is 2.24. The Kier molecular flexibility index (Phi) is 2.23. The van der Waals surface area contributed by atoms with Crippen molar-refractivity contribution in [2.45, 2.75) is 13.8 Å². The van der Waals surface area contributed by atoms with E-state index in [0.717, 1.165) is 5.56 Å². The third-order valence-corrected chi connectivity index (χ3v) is 2.47. The monoisotopic (exact) mass is 219 g/mol. The summed E-state index contributed by atoms with van der Waals surface area (Å²) in [5, 5.41) is 11.3. The van der Waals surface area contributed by atoms with Gasteiger partial charge in [-0.25, -0.2) is 4.79 Å². The molecule has 0 aliphatic heterocycles. The van der Waals surface area contributed by atoms with Gasteiger partial charge in [0, 0.05) is 10.9 Å². The minimum Gasteiger partial charge on any atom is -0.418 e. The molecule has 0 amide bonds. The van der Waals surface area contributed by atoms with Crippen molar-refractivity contribution < 1.29 is 9.34 Å². The molecule has 1 aromatic carbocycles. The molecule has 0 spiro atoms. The Morgan fingerprint density at radius 3 is 2.62 bits per heavy atom. The van der Waals surface area contributed by atoms with E-state index >= 15 is 0 Å². The van der Waals surface area contributed by atoms with Gasteiger partial charge in [0.1, 0.15) is 5.58 Å². The van der Waals surface area contributed by atoms with Crippen LogP contribution < -0.4 is 5.63 Å². The summed E-state index contributed by atoms with van der Waals surface area (Å²) >= 11 is 0. The van der Waals surface area contributed by atoms with Crippen molar-refractivity contribution in [1.29, 1.82) is 0 Å². The van der Waals surface area contributed by atoms with Gasteiger partial charge >= 0.3 is 11.3 Å². The predicted octanol–water partition coefficient (Wildman–Crippen LogP) is 2.32. The molecule has 0 aliphatic carbocycles. The van der Waals surface area contributed by atoms with E-state index in [-0.39, 0.29) is 0 Å². The number of fused-ring (bicyclic) bond motifs is 1. The van der Waals surface area contributed by atoms with E-state index in [1.807, 2.05) is 6.92 Å². The zero-order valence-electron chi connectivity index (χ0n) is 8.81. The molecule has 5 nitrogen and oxygen atoms in total. The summed E-state index contributed by atoms with van der Waals surface area (Å²) < 4.78 is 4.89. The molecule has 1 aromatic heterocycles. The average molecular weight is 219 g/mol. The first-order chi connectivity index (χ1) is 7.50. The van der Waals surface area contributed by atoms with Gasteiger partial charge in [0.05, 0.1) is 4.92 Å². The lowest BCUT2D eigenvalue weighted by Gasteiger charge is -2.02. The summed E-state index contributed by atoms with van der Waals surface area (Å²) in [6.07, 6.45) is 0. The second kappa shape index (κ2) is 3.44. The third-order valence-electron chi connectivity index (χ3n) is 2.47. The first-order valence-corrected chi connectivity index (χ1v) is 4.69. The minimum absolute atomic E-state index is 0.347. The Morgan fingerprint density at radius 1 is 1.31 bits per heavy atom. The van der Waals surface area contributed by atoms with Crippen LogP contribution in [0.25, 0.3) is 11.0 Å². The lowest BCUT2D eigenvalue weighted by Crippen LogP contribution is -2.09. The molecule has 1 heterocycles. The fourth-order valence-electron chi connectivity index (χ4n) is 1.67. The van der Waals surface area contributed by atoms with Gasteiger partial charge in [0.25, 0.3) is 0 Å². The van der Waals surface area contributed by atoms with Gasteiger partial charge in [-0.1, -0.05) is 11.6 Å². The predicted molar refractivity (Wildman–Crippen MR) is 58.6 cm³/mol. The molecule has 2 aromatic rings. The number of benzene rings is 1. The molecule has 0 unspecified atom stereocenters. The summed E-state index contributed by atoms with van der Waals surface area (Å²) in [5.74, 6) is 0. The summed E-state index contributed by atoms with van der Waals surface area (Å²) in [6, 6.07) is 5.19. The summed E-state index contributed by atoms with van der Waals surface area (Å²) in [7, 11) is 0. The fraction of sp³-hybridized carbons (Fsp3) is 0.182. The van der Waals surface area contributed by atoms with E-state index in [9.17, 15) is 14.9 Å². The van der Waals surface area contributed by atoms with Crippen LogP contribution in [0.3, 0.4) is 0 Å². The molecule has 2 rings (SSSR count). The second-order valence-corrected chi connectivity index (χ2v) is 3.62. The molecule has 0 N–H and O–H groups in total. The maximum absolute atomic E-state index is 11.4. The highest BCUT2D eigenvalue weighted by atomic mass is 16.6. The highest BCUT2D eigenvalue weighted by molar-refractivity contribution is 5.83. The van der Waals surface area contributed by atoms with Gasteiger partial charge in [-0.2, -0.15) is 0 Å². The van der Waals surface area contributed by atoms with E-state index in [0.29, 0.717) is 16.5 Å². The summed E-state index contributed by atoms with van der Waals surface area (Å²) in [6.45, 7) is 3.42. The maximum Gasteiger partial charge on any atom is 0.415 e. The van der Waals surface area contributed by atoms with Crippen LogP contribution in [0.1, 0.15) is 11.1 Å². The van der Waals surface area contributed by atoms with Crippen molar-refractivity contribution in [3.05, 3.63) is 49.9 Å². The molecular formula is C11H9NO4. The molecule has 0 radical (unpaired) electrons. The second-order valence-electron chi connectivity index (χ2n) is 3.62. The van der Waals surface area contributed by atoms with Crippen molar-refractivity contribution in [3.8, 4) is 0 Å². The Morgan fingerprint density at radius 2 is 2.00 bits per heavy atom. The Labute approximate surface area is 90.5 Å². The maximum atomic E-state index is 11.4. The molecule has 0 atom stereocenters. The zero-order chi connectivity index (χ0) is 11.9. The zero-order valence-corrected chi connectivity index (χ0v) is 8.81. The van der Waals surface area contributed by atoms with Crippen LogP contribution in [-0.2, 0) is 0 Å². The quantitative estimate of drug-likeness (QED) is 0.419. The molecule has 0 aliphatic rings. The lowest BCUT2D eigenvalue weighted by molar-refractivity contribution is -0.387. The number of aryl methyl sites for hydroxylation is 2. The van der Waals surface area contributed by atoms with Gasteiger partial charge < -0.3 is 4.42 Å². The van der Waals surface area contributed by atoms with Crippen LogP contribution in [0.2, 0.25) is 0 Å². The first kappa shape index (κ1) is 10.4.